The number of aromatic nitrogens is 1. The number of benzene rings is 1. The Bertz CT molecular complexity index is 680. The first-order valence-electron chi connectivity index (χ1n) is 7.13. The second-order valence-corrected chi connectivity index (χ2v) is 6.71. The van der Waals surface area contributed by atoms with Crippen LogP contribution in [-0.2, 0) is 0 Å². The molecule has 1 unspecified atom stereocenters. The molecule has 130 valence electrons. The molecule has 1 atom stereocenters. The zero-order chi connectivity index (χ0) is 17.7. The molecule has 0 aliphatic heterocycles. The van der Waals surface area contributed by atoms with E-state index in [1.54, 1.807) is 18.2 Å². The maximum Gasteiger partial charge on any atom is 0.422 e. The Morgan fingerprint density at radius 1 is 1.25 bits per heavy atom. The van der Waals surface area contributed by atoms with Crippen LogP contribution in [0.5, 0.6) is 5.75 Å². The smallest absolute Gasteiger partial charge is 0.422 e. The third kappa shape index (κ3) is 5.49. The molecule has 1 heterocycles. The summed E-state index contributed by atoms with van der Waals surface area (Å²) in [5.74, 6) is 0.158. The van der Waals surface area contributed by atoms with Crippen molar-refractivity contribution >= 4 is 23.4 Å². The number of pyridine rings is 1. The zero-order valence-corrected chi connectivity index (χ0v) is 14.3. The Labute approximate surface area is 147 Å². The van der Waals surface area contributed by atoms with E-state index in [4.69, 9.17) is 16.3 Å². The summed E-state index contributed by atoms with van der Waals surface area (Å²) in [4.78, 5) is 0.829. The number of hydrogen-bond acceptors (Lipinski definition) is 3. The fraction of sp³-hybridized carbons (Fsp3) is 0.312. The summed E-state index contributed by atoms with van der Waals surface area (Å²) < 4.78 is 42.9. The Hall–Kier alpha value is -1.60. The van der Waals surface area contributed by atoms with Crippen molar-refractivity contribution in [2.75, 3.05) is 6.61 Å². The molecule has 2 aromatic rings. The SMILES string of the molecule is CCC(Sc1cc[n+]([O-])cc1)c1cc(Cl)ccc1OCC(F)(F)F. The highest BCUT2D eigenvalue weighted by atomic mass is 35.5. The van der Waals surface area contributed by atoms with Gasteiger partial charge in [0.25, 0.3) is 0 Å². The van der Waals surface area contributed by atoms with Gasteiger partial charge in [0.1, 0.15) is 5.75 Å². The van der Waals surface area contributed by atoms with Gasteiger partial charge in [-0.1, -0.05) is 18.5 Å². The first kappa shape index (κ1) is 18.7. The molecule has 1 aromatic heterocycles. The average Bonchev–Trinajstić information content (AvgIpc) is 2.52. The van der Waals surface area contributed by atoms with E-state index in [2.05, 4.69) is 0 Å². The molecule has 0 bridgehead atoms. The van der Waals surface area contributed by atoms with Crippen molar-refractivity contribution < 1.29 is 22.6 Å². The number of alkyl halides is 3. The Morgan fingerprint density at radius 3 is 2.50 bits per heavy atom. The summed E-state index contributed by atoms with van der Waals surface area (Å²) in [7, 11) is 0. The van der Waals surface area contributed by atoms with Crippen LogP contribution in [0, 0.1) is 5.21 Å². The van der Waals surface area contributed by atoms with Crippen LogP contribution < -0.4 is 9.47 Å². The molecule has 0 aliphatic carbocycles. The monoisotopic (exact) mass is 377 g/mol. The second-order valence-electron chi connectivity index (χ2n) is 4.99. The molecule has 0 fully saturated rings. The summed E-state index contributed by atoms with van der Waals surface area (Å²) in [5, 5.41) is 11.4. The van der Waals surface area contributed by atoms with E-state index in [0.717, 1.165) is 4.90 Å². The molecule has 0 saturated carbocycles. The highest BCUT2D eigenvalue weighted by molar-refractivity contribution is 7.99. The van der Waals surface area contributed by atoms with Gasteiger partial charge in [0.05, 0.1) is 0 Å². The normalized spacial score (nSPS) is 12.9. The topological polar surface area (TPSA) is 36.2 Å². The lowest BCUT2D eigenvalue weighted by atomic mass is 10.1. The zero-order valence-electron chi connectivity index (χ0n) is 12.7. The molecule has 0 aliphatic rings. The number of hydrogen-bond donors (Lipinski definition) is 0. The van der Waals surface area contributed by atoms with E-state index >= 15 is 0 Å². The van der Waals surface area contributed by atoms with Crippen molar-refractivity contribution in [1.82, 2.24) is 0 Å². The molecule has 1 aromatic carbocycles. The van der Waals surface area contributed by atoms with Crippen molar-refractivity contribution in [3.8, 4) is 5.75 Å². The Balaban J connectivity index is 2.25. The van der Waals surface area contributed by atoms with Crippen molar-refractivity contribution in [2.24, 2.45) is 0 Å². The number of ether oxygens (including phenoxy) is 1. The van der Waals surface area contributed by atoms with E-state index in [-0.39, 0.29) is 11.0 Å². The summed E-state index contributed by atoms with van der Waals surface area (Å²) in [6, 6.07) is 7.87. The number of rotatable bonds is 6. The lowest BCUT2D eigenvalue weighted by Crippen LogP contribution is -2.23. The van der Waals surface area contributed by atoms with Crippen molar-refractivity contribution in [3.05, 3.63) is 58.5 Å². The highest BCUT2D eigenvalue weighted by Crippen LogP contribution is 2.42. The van der Waals surface area contributed by atoms with Gasteiger partial charge in [-0.15, -0.1) is 11.8 Å². The van der Waals surface area contributed by atoms with Crippen LogP contribution in [0.4, 0.5) is 13.2 Å². The van der Waals surface area contributed by atoms with Crippen LogP contribution in [0.15, 0.2) is 47.6 Å². The molecule has 3 nitrogen and oxygen atoms in total. The number of halogens is 4. The van der Waals surface area contributed by atoms with Crippen LogP contribution in [0.2, 0.25) is 5.02 Å². The van der Waals surface area contributed by atoms with E-state index in [9.17, 15) is 18.4 Å². The molecule has 2 rings (SSSR count). The minimum Gasteiger partial charge on any atom is -0.619 e. The molecule has 0 amide bonds. The molecule has 8 heteroatoms. The lowest BCUT2D eigenvalue weighted by Gasteiger charge is -2.20. The van der Waals surface area contributed by atoms with Gasteiger partial charge < -0.3 is 9.94 Å². The van der Waals surface area contributed by atoms with Crippen molar-refractivity contribution in [2.45, 2.75) is 29.7 Å². The van der Waals surface area contributed by atoms with Crippen LogP contribution >= 0.6 is 23.4 Å². The first-order chi connectivity index (χ1) is 11.3. The van der Waals surface area contributed by atoms with Crippen LogP contribution in [0.3, 0.4) is 0 Å². The fourth-order valence-corrected chi connectivity index (χ4v) is 3.34. The summed E-state index contributed by atoms with van der Waals surface area (Å²) in [5.41, 5.74) is 0.595. The summed E-state index contributed by atoms with van der Waals surface area (Å²) in [6.45, 7) is 0.563. The van der Waals surface area contributed by atoms with E-state index in [1.807, 2.05) is 6.92 Å². The molecule has 0 N–H and O–H groups in total. The van der Waals surface area contributed by atoms with E-state index in [1.165, 1.54) is 36.3 Å². The second kappa shape index (κ2) is 7.98. The molecule has 0 saturated heterocycles. The van der Waals surface area contributed by atoms with Gasteiger partial charge in [0, 0.05) is 32.9 Å². The van der Waals surface area contributed by atoms with Crippen LogP contribution in [-0.4, -0.2) is 12.8 Å². The number of nitrogens with zero attached hydrogens (tertiary/aromatic N) is 1. The predicted octanol–water partition coefficient (Wildman–Crippen LogP) is 5.16. The first-order valence-corrected chi connectivity index (χ1v) is 8.38. The van der Waals surface area contributed by atoms with Gasteiger partial charge in [0.15, 0.2) is 19.0 Å². The third-order valence-electron chi connectivity index (χ3n) is 3.13. The molecule has 0 spiro atoms. The molecule has 0 radical (unpaired) electrons. The molecular weight excluding hydrogens is 363 g/mol. The van der Waals surface area contributed by atoms with Crippen molar-refractivity contribution in [3.63, 3.8) is 0 Å². The van der Waals surface area contributed by atoms with E-state index < -0.39 is 12.8 Å². The van der Waals surface area contributed by atoms with Crippen LogP contribution in [0.1, 0.15) is 24.2 Å². The third-order valence-corrected chi connectivity index (χ3v) is 4.78. The van der Waals surface area contributed by atoms with Crippen molar-refractivity contribution in [1.29, 1.82) is 0 Å². The lowest BCUT2D eigenvalue weighted by molar-refractivity contribution is -0.605. The van der Waals surface area contributed by atoms with Gasteiger partial charge >= 0.3 is 6.18 Å². The van der Waals surface area contributed by atoms with Crippen LogP contribution in [0.25, 0.3) is 0 Å². The quantitative estimate of drug-likeness (QED) is 0.396. The Morgan fingerprint density at radius 2 is 1.92 bits per heavy atom. The maximum absolute atomic E-state index is 12.4. The maximum atomic E-state index is 12.4. The Kier molecular flexibility index (Phi) is 6.23. The van der Waals surface area contributed by atoms with E-state index in [0.29, 0.717) is 21.7 Å². The van der Waals surface area contributed by atoms with Gasteiger partial charge in [-0.05, 0) is 24.6 Å². The van der Waals surface area contributed by atoms with Gasteiger partial charge in [-0.3, -0.25) is 0 Å². The number of thioether (sulfide) groups is 1. The minimum atomic E-state index is -4.41. The summed E-state index contributed by atoms with van der Waals surface area (Å²) in [6.07, 6.45) is -1.02. The van der Waals surface area contributed by atoms with Gasteiger partial charge in [0.2, 0.25) is 0 Å². The minimum absolute atomic E-state index is 0.158. The predicted molar refractivity (Wildman–Crippen MR) is 87.3 cm³/mol. The summed E-state index contributed by atoms with van der Waals surface area (Å²) >= 11 is 7.43. The molecular formula is C16H15ClF3NO2S. The largest absolute Gasteiger partial charge is 0.619 e. The van der Waals surface area contributed by atoms with Gasteiger partial charge in [-0.25, -0.2) is 0 Å². The molecule has 24 heavy (non-hydrogen) atoms. The standard InChI is InChI=1S/C16H15ClF3NO2S/c1-2-15(24-12-5-7-21(22)8-6-12)13-9-11(17)3-4-14(13)23-10-16(18,19)20/h3-9,15H,2,10H2,1H3. The van der Waals surface area contributed by atoms with Gasteiger partial charge in [-0.2, -0.15) is 17.9 Å². The highest BCUT2D eigenvalue weighted by Gasteiger charge is 2.29. The average molecular weight is 378 g/mol. The fourth-order valence-electron chi connectivity index (χ4n) is 2.07.